The van der Waals surface area contributed by atoms with Crippen molar-refractivity contribution in [1.82, 2.24) is 15.1 Å². The fourth-order valence-electron chi connectivity index (χ4n) is 5.14. The lowest BCUT2D eigenvalue weighted by Gasteiger charge is -2.38. The summed E-state index contributed by atoms with van der Waals surface area (Å²) >= 11 is 0. The van der Waals surface area contributed by atoms with Crippen molar-refractivity contribution in [1.29, 1.82) is 0 Å². The van der Waals surface area contributed by atoms with Crippen molar-refractivity contribution >= 4 is 17.6 Å². The zero-order valence-electron chi connectivity index (χ0n) is 22.0. The number of aryl methyl sites for hydroxylation is 2. The molecule has 0 unspecified atom stereocenters. The molecular weight excluding hydrogens is 524 g/mol. The van der Waals surface area contributed by atoms with Crippen molar-refractivity contribution in [3.05, 3.63) is 112 Å². The Bertz CT molecular complexity index is 1580. The van der Waals surface area contributed by atoms with E-state index in [1.54, 1.807) is 18.5 Å². The number of alkyl halides is 3. The van der Waals surface area contributed by atoms with Crippen molar-refractivity contribution < 1.29 is 27.2 Å². The van der Waals surface area contributed by atoms with E-state index in [0.717, 1.165) is 29.4 Å². The topological polar surface area (TPSA) is 67.2 Å². The number of nitrogens with one attached hydrogen (secondary N) is 1. The third-order valence-electron chi connectivity index (χ3n) is 7.08. The standard InChI is InChI=1S/C30H26F4N4O2/c1-4-37-28-24(18(3)36-38(28)23-14-8-17(2)9-15-23)25(19-10-12-22(31)13-11-19)26(29(37)40)35-27(39)20-6-5-7-21(16-20)30(32,33)34/h5-16,25-26H,4H2,1-3H3,(H,35,39)/t25-,26-/m0/s1. The molecule has 2 atom stereocenters. The zero-order chi connectivity index (χ0) is 28.8. The largest absolute Gasteiger partial charge is 0.416 e. The smallest absolute Gasteiger partial charge is 0.339 e. The molecular formula is C30H26F4N4O2. The third kappa shape index (κ3) is 4.85. The van der Waals surface area contributed by atoms with Crippen LogP contribution in [0.2, 0.25) is 0 Å². The summed E-state index contributed by atoms with van der Waals surface area (Å²) in [6, 6.07) is 16.0. The van der Waals surface area contributed by atoms with Gasteiger partial charge in [0.1, 0.15) is 17.7 Å². The number of rotatable bonds is 5. The maximum Gasteiger partial charge on any atom is 0.416 e. The Morgan fingerprint density at radius 3 is 2.30 bits per heavy atom. The Labute approximate surface area is 228 Å². The molecule has 206 valence electrons. The maximum absolute atomic E-state index is 14.0. The van der Waals surface area contributed by atoms with Crippen LogP contribution in [0.15, 0.2) is 72.8 Å². The Hall–Kier alpha value is -4.47. The number of anilines is 1. The summed E-state index contributed by atoms with van der Waals surface area (Å²) in [5.41, 5.74) is 2.36. The van der Waals surface area contributed by atoms with Crippen LogP contribution in [0.3, 0.4) is 0 Å². The number of halogens is 4. The van der Waals surface area contributed by atoms with E-state index in [4.69, 9.17) is 5.10 Å². The van der Waals surface area contributed by atoms with Gasteiger partial charge >= 0.3 is 6.18 Å². The summed E-state index contributed by atoms with van der Waals surface area (Å²) < 4.78 is 55.5. The molecule has 1 aliphatic rings. The highest BCUT2D eigenvalue weighted by molar-refractivity contribution is 6.05. The first-order valence-corrected chi connectivity index (χ1v) is 12.7. The lowest BCUT2D eigenvalue weighted by molar-refractivity contribution is -0.137. The average Bonchev–Trinajstić information content (AvgIpc) is 3.26. The first kappa shape index (κ1) is 27.1. The lowest BCUT2D eigenvalue weighted by atomic mass is 9.81. The molecule has 2 heterocycles. The molecule has 10 heteroatoms. The van der Waals surface area contributed by atoms with Gasteiger partial charge in [-0.2, -0.15) is 18.3 Å². The van der Waals surface area contributed by atoms with Crippen LogP contribution in [0, 0.1) is 19.7 Å². The van der Waals surface area contributed by atoms with E-state index in [1.165, 1.54) is 35.2 Å². The van der Waals surface area contributed by atoms with E-state index in [1.807, 2.05) is 31.2 Å². The molecule has 0 radical (unpaired) electrons. The van der Waals surface area contributed by atoms with Gasteiger partial charge in [-0.15, -0.1) is 0 Å². The summed E-state index contributed by atoms with van der Waals surface area (Å²) in [4.78, 5) is 28.8. The number of hydrogen-bond donors (Lipinski definition) is 1. The predicted octanol–water partition coefficient (Wildman–Crippen LogP) is 5.94. The number of nitrogens with zero attached hydrogens (tertiary/aromatic N) is 3. The van der Waals surface area contributed by atoms with Crippen LogP contribution in [-0.2, 0) is 11.0 Å². The molecule has 0 spiro atoms. The molecule has 5 rings (SSSR count). The Balaban J connectivity index is 1.65. The van der Waals surface area contributed by atoms with Crippen molar-refractivity contribution in [2.24, 2.45) is 0 Å². The minimum atomic E-state index is -4.64. The van der Waals surface area contributed by atoms with Gasteiger partial charge in [0.25, 0.3) is 11.8 Å². The highest BCUT2D eigenvalue weighted by Crippen LogP contribution is 2.43. The second kappa shape index (κ2) is 10.3. The van der Waals surface area contributed by atoms with Crippen LogP contribution in [0.1, 0.15) is 51.1 Å². The van der Waals surface area contributed by atoms with E-state index in [-0.39, 0.29) is 12.1 Å². The van der Waals surface area contributed by atoms with Crippen LogP contribution in [0.25, 0.3) is 5.69 Å². The van der Waals surface area contributed by atoms with Gasteiger partial charge in [-0.3, -0.25) is 14.5 Å². The first-order chi connectivity index (χ1) is 19.0. The van der Waals surface area contributed by atoms with Crippen molar-refractivity contribution in [3.8, 4) is 5.69 Å². The normalized spacial score (nSPS) is 17.1. The van der Waals surface area contributed by atoms with Crippen molar-refractivity contribution in [3.63, 3.8) is 0 Å². The van der Waals surface area contributed by atoms with Gasteiger partial charge in [0.05, 0.1) is 16.9 Å². The number of amides is 2. The summed E-state index contributed by atoms with van der Waals surface area (Å²) in [7, 11) is 0. The van der Waals surface area contributed by atoms with E-state index in [2.05, 4.69) is 5.32 Å². The molecule has 0 bridgehead atoms. The first-order valence-electron chi connectivity index (χ1n) is 12.7. The van der Waals surface area contributed by atoms with Crippen LogP contribution in [0.4, 0.5) is 23.4 Å². The molecule has 6 nitrogen and oxygen atoms in total. The molecule has 0 saturated carbocycles. The van der Waals surface area contributed by atoms with E-state index in [9.17, 15) is 27.2 Å². The van der Waals surface area contributed by atoms with Gasteiger partial charge < -0.3 is 5.32 Å². The number of aromatic nitrogens is 2. The molecule has 1 aromatic heterocycles. The van der Waals surface area contributed by atoms with Crippen LogP contribution in [-0.4, -0.2) is 34.2 Å². The van der Waals surface area contributed by atoms with Gasteiger partial charge in [0.2, 0.25) is 0 Å². The molecule has 0 fully saturated rings. The highest BCUT2D eigenvalue weighted by Gasteiger charge is 2.45. The number of fused-ring (bicyclic) bond motifs is 1. The van der Waals surface area contributed by atoms with Gasteiger partial charge in [0.15, 0.2) is 0 Å². The van der Waals surface area contributed by atoms with E-state index >= 15 is 0 Å². The third-order valence-corrected chi connectivity index (χ3v) is 7.08. The van der Waals surface area contributed by atoms with Crippen LogP contribution in [0.5, 0.6) is 0 Å². The van der Waals surface area contributed by atoms with E-state index < -0.39 is 41.3 Å². The Morgan fingerprint density at radius 2 is 1.68 bits per heavy atom. The average molecular weight is 551 g/mol. The molecule has 0 saturated heterocycles. The molecule has 2 amide bonds. The SMILES string of the molecule is CCN1C(=O)[C@@H](NC(=O)c2cccc(C(F)(F)F)c2)[C@@H](c2ccc(F)cc2)c2c(C)nn(-c3ccc(C)cc3)c21. The Morgan fingerprint density at radius 1 is 1.00 bits per heavy atom. The number of likely N-dealkylation sites (N-methyl/N-ethyl adjacent to an activating group) is 1. The number of benzene rings is 3. The lowest BCUT2D eigenvalue weighted by Crippen LogP contribution is -2.55. The fraction of sp³-hybridized carbons (Fsp3) is 0.233. The van der Waals surface area contributed by atoms with Crippen LogP contribution >= 0.6 is 0 Å². The molecule has 1 N–H and O–H groups in total. The van der Waals surface area contributed by atoms with Gasteiger partial charge in [-0.1, -0.05) is 35.9 Å². The quantitative estimate of drug-likeness (QED) is 0.313. The number of carbonyl (C=O) groups excluding carboxylic acids is 2. The predicted molar refractivity (Wildman–Crippen MR) is 142 cm³/mol. The molecule has 40 heavy (non-hydrogen) atoms. The molecule has 1 aliphatic heterocycles. The maximum atomic E-state index is 14.0. The highest BCUT2D eigenvalue weighted by atomic mass is 19.4. The van der Waals surface area contributed by atoms with Crippen LogP contribution < -0.4 is 10.2 Å². The summed E-state index contributed by atoms with van der Waals surface area (Å²) in [6.45, 7) is 5.77. The number of hydrogen-bond acceptors (Lipinski definition) is 3. The monoisotopic (exact) mass is 550 g/mol. The summed E-state index contributed by atoms with van der Waals surface area (Å²) in [6.07, 6.45) is -4.64. The Kier molecular flexibility index (Phi) is 6.95. The molecule has 3 aromatic carbocycles. The fourth-order valence-corrected chi connectivity index (χ4v) is 5.14. The van der Waals surface area contributed by atoms with Gasteiger partial charge in [0, 0.05) is 23.6 Å². The van der Waals surface area contributed by atoms with Crippen molar-refractivity contribution in [2.75, 3.05) is 11.4 Å². The summed E-state index contributed by atoms with van der Waals surface area (Å²) in [5.74, 6) is -2.02. The number of carbonyl (C=O) groups is 2. The van der Waals surface area contributed by atoms with Gasteiger partial charge in [-0.05, 0) is 68.8 Å². The molecule has 0 aliphatic carbocycles. The van der Waals surface area contributed by atoms with Crippen molar-refractivity contribution in [2.45, 2.75) is 38.9 Å². The minimum Gasteiger partial charge on any atom is -0.339 e. The van der Waals surface area contributed by atoms with Gasteiger partial charge in [-0.25, -0.2) is 9.07 Å². The van der Waals surface area contributed by atoms with E-state index in [0.29, 0.717) is 22.6 Å². The summed E-state index contributed by atoms with van der Waals surface area (Å²) in [5, 5.41) is 7.43. The minimum absolute atomic E-state index is 0.235. The zero-order valence-corrected chi connectivity index (χ0v) is 22.0. The second-order valence-corrected chi connectivity index (χ2v) is 9.71. The second-order valence-electron chi connectivity index (χ2n) is 9.71. The molecule has 4 aromatic rings.